The molecule has 1 aromatic carbocycles. The van der Waals surface area contributed by atoms with Crippen LogP contribution in [0.3, 0.4) is 0 Å². The van der Waals surface area contributed by atoms with Crippen LogP contribution in [0.1, 0.15) is 16.8 Å². The maximum absolute atomic E-state index is 11.7. The summed E-state index contributed by atoms with van der Waals surface area (Å²) in [5.41, 5.74) is -0.0296. The normalized spacial score (nSPS) is 10.2. The third kappa shape index (κ3) is 3.31. The van der Waals surface area contributed by atoms with Crippen LogP contribution in [0.4, 0.5) is 5.69 Å². The van der Waals surface area contributed by atoms with Crippen molar-refractivity contribution >= 4 is 17.6 Å². The number of rotatable bonds is 5. The number of anilines is 1. The van der Waals surface area contributed by atoms with Gasteiger partial charge in [-0.15, -0.1) is 5.10 Å². The second-order valence-corrected chi connectivity index (χ2v) is 4.00. The molecule has 1 aromatic heterocycles. The number of phenols is 1. The van der Waals surface area contributed by atoms with E-state index in [2.05, 4.69) is 15.6 Å². The molecule has 1 heterocycles. The Morgan fingerprint density at radius 1 is 1.35 bits per heavy atom. The highest BCUT2D eigenvalue weighted by atomic mass is 16.4. The number of hydrogen-bond donors (Lipinski definition) is 3. The van der Waals surface area contributed by atoms with Crippen LogP contribution in [0, 0.1) is 0 Å². The van der Waals surface area contributed by atoms with Crippen molar-refractivity contribution < 1.29 is 19.8 Å². The number of nitrogens with zero attached hydrogens (tertiary/aromatic N) is 3. The number of aryl methyl sites for hydroxylation is 1. The number of nitrogens with one attached hydrogen (secondary N) is 1. The molecule has 3 N–H and O–H groups in total. The second-order valence-electron chi connectivity index (χ2n) is 4.00. The van der Waals surface area contributed by atoms with Crippen molar-refractivity contribution in [1.82, 2.24) is 15.0 Å². The quantitative estimate of drug-likeness (QED) is 0.692. The monoisotopic (exact) mass is 276 g/mol. The summed E-state index contributed by atoms with van der Waals surface area (Å²) in [5, 5.41) is 28.1. The SMILES string of the molecule is O=C(CCn1ccnn1)Nc1ccc(O)cc1C(=O)O. The first-order valence-corrected chi connectivity index (χ1v) is 5.76. The van der Waals surface area contributed by atoms with E-state index in [-0.39, 0.29) is 29.3 Å². The van der Waals surface area contributed by atoms with Gasteiger partial charge in [-0.25, -0.2) is 4.79 Å². The van der Waals surface area contributed by atoms with Gasteiger partial charge in [0.25, 0.3) is 0 Å². The van der Waals surface area contributed by atoms with Crippen LogP contribution < -0.4 is 5.32 Å². The van der Waals surface area contributed by atoms with Gasteiger partial charge in [0.1, 0.15) is 5.75 Å². The molecule has 0 saturated carbocycles. The van der Waals surface area contributed by atoms with E-state index in [4.69, 9.17) is 5.11 Å². The molecule has 1 amide bonds. The van der Waals surface area contributed by atoms with E-state index in [0.29, 0.717) is 6.54 Å². The Morgan fingerprint density at radius 2 is 2.15 bits per heavy atom. The summed E-state index contributed by atoms with van der Waals surface area (Å²) >= 11 is 0. The zero-order valence-electron chi connectivity index (χ0n) is 10.4. The lowest BCUT2D eigenvalue weighted by molar-refractivity contribution is -0.116. The minimum atomic E-state index is -1.23. The fourth-order valence-corrected chi connectivity index (χ4v) is 1.60. The number of carboxylic acids is 1. The van der Waals surface area contributed by atoms with Gasteiger partial charge in [-0.2, -0.15) is 0 Å². The molecular weight excluding hydrogens is 264 g/mol. The summed E-state index contributed by atoms with van der Waals surface area (Å²) in [7, 11) is 0. The number of aromatic carboxylic acids is 1. The van der Waals surface area contributed by atoms with Crippen LogP contribution in [0.2, 0.25) is 0 Å². The number of phenolic OH excluding ortho intramolecular Hbond substituents is 1. The minimum absolute atomic E-state index is 0.128. The molecule has 0 aliphatic heterocycles. The number of carboxylic acid groups (broad SMARTS) is 1. The zero-order chi connectivity index (χ0) is 14.5. The number of carbonyl (C=O) groups is 2. The van der Waals surface area contributed by atoms with Crippen LogP contribution in [0.5, 0.6) is 5.75 Å². The van der Waals surface area contributed by atoms with Gasteiger partial charge in [0.05, 0.1) is 24.0 Å². The molecule has 0 bridgehead atoms. The lowest BCUT2D eigenvalue weighted by Crippen LogP contribution is -2.16. The molecule has 20 heavy (non-hydrogen) atoms. The molecule has 8 heteroatoms. The van der Waals surface area contributed by atoms with Gasteiger partial charge in [-0.1, -0.05) is 5.21 Å². The molecule has 8 nitrogen and oxygen atoms in total. The Bertz CT molecular complexity index is 624. The largest absolute Gasteiger partial charge is 0.508 e. The standard InChI is InChI=1S/C12H12N4O4/c17-8-1-2-10(9(7-8)12(19)20)14-11(18)3-5-16-6-4-13-15-16/h1-2,4,6-7,17H,3,5H2,(H,14,18)(H,19,20). The van der Waals surface area contributed by atoms with Crippen molar-refractivity contribution in [3.8, 4) is 5.75 Å². The fourth-order valence-electron chi connectivity index (χ4n) is 1.60. The van der Waals surface area contributed by atoms with E-state index in [1.54, 1.807) is 6.20 Å². The molecule has 2 aromatic rings. The first-order valence-electron chi connectivity index (χ1n) is 5.76. The second kappa shape index (κ2) is 5.83. The van der Waals surface area contributed by atoms with Crippen LogP contribution >= 0.6 is 0 Å². The van der Waals surface area contributed by atoms with Gasteiger partial charge in [0, 0.05) is 12.6 Å². The molecule has 0 aliphatic carbocycles. The van der Waals surface area contributed by atoms with Crippen molar-refractivity contribution in [3.05, 3.63) is 36.2 Å². The molecule has 0 saturated heterocycles. The summed E-state index contributed by atoms with van der Waals surface area (Å²) in [6, 6.07) is 3.72. The van der Waals surface area contributed by atoms with Crippen LogP contribution in [0.25, 0.3) is 0 Å². The Kier molecular flexibility index (Phi) is 3.94. The van der Waals surface area contributed by atoms with Gasteiger partial charge in [-0.3, -0.25) is 9.48 Å². The summed E-state index contributed by atoms with van der Waals surface area (Å²) in [5.74, 6) is -1.76. The number of benzene rings is 1. The summed E-state index contributed by atoms with van der Waals surface area (Å²) < 4.78 is 1.49. The smallest absolute Gasteiger partial charge is 0.337 e. The van der Waals surface area contributed by atoms with Gasteiger partial charge in [-0.05, 0) is 18.2 Å². The van der Waals surface area contributed by atoms with E-state index >= 15 is 0 Å². The number of aromatic hydroxyl groups is 1. The van der Waals surface area contributed by atoms with Gasteiger partial charge < -0.3 is 15.5 Å². The van der Waals surface area contributed by atoms with E-state index in [1.807, 2.05) is 0 Å². The third-order valence-corrected chi connectivity index (χ3v) is 2.55. The molecule has 0 atom stereocenters. The Balaban J connectivity index is 2.02. The lowest BCUT2D eigenvalue weighted by atomic mass is 10.1. The lowest BCUT2D eigenvalue weighted by Gasteiger charge is -2.08. The van der Waals surface area contributed by atoms with Crippen molar-refractivity contribution in [2.24, 2.45) is 0 Å². The van der Waals surface area contributed by atoms with Crippen LogP contribution in [0.15, 0.2) is 30.6 Å². The van der Waals surface area contributed by atoms with Crippen LogP contribution in [-0.2, 0) is 11.3 Å². The van der Waals surface area contributed by atoms with Crippen molar-refractivity contribution in [2.75, 3.05) is 5.32 Å². The van der Waals surface area contributed by atoms with Gasteiger partial charge >= 0.3 is 5.97 Å². The van der Waals surface area contributed by atoms with Crippen molar-refractivity contribution in [2.45, 2.75) is 13.0 Å². The van der Waals surface area contributed by atoms with E-state index in [1.165, 1.54) is 23.0 Å². The number of carbonyl (C=O) groups excluding carboxylic acids is 1. The minimum Gasteiger partial charge on any atom is -0.508 e. The first kappa shape index (κ1) is 13.5. The molecule has 104 valence electrons. The maximum Gasteiger partial charge on any atom is 0.337 e. The van der Waals surface area contributed by atoms with E-state index in [9.17, 15) is 14.7 Å². The molecule has 0 aliphatic rings. The highest BCUT2D eigenvalue weighted by molar-refractivity contribution is 6.00. The summed E-state index contributed by atoms with van der Waals surface area (Å²) in [6.07, 6.45) is 3.25. The molecule has 0 spiro atoms. The van der Waals surface area contributed by atoms with E-state index in [0.717, 1.165) is 6.07 Å². The highest BCUT2D eigenvalue weighted by Gasteiger charge is 2.13. The van der Waals surface area contributed by atoms with E-state index < -0.39 is 5.97 Å². The van der Waals surface area contributed by atoms with Gasteiger partial charge in [0.15, 0.2) is 0 Å². The number of aromatic nitrogens is 3. The Morgan fingerprint density at radius 3 is 2.80 bits per heavy atom. The Labute approximate surface area is 113 Å². The van der Waals surface area contributed by atoms with Crippen LogP contribution in [-0.4, -0.2) is 37.1 Å². The zero-order valence-corrected chi connectivity index (χ0v) is 10.4. The fraction of sp³-hybridized carbons (Fsp3) is 0.167. The first-order chi connectivity index (χ1) is 9.56. The number of amides is 1. The number of hydrogen-bond acceptors (Lipinski definition) is 5. The molecule has 2 rings (SSSR count). The molecule has 0 unspecified atom stereocenters. The molecule has 0 radical (unpaired) electrons. The summed E-state index contributed by atoms with van der Waals surface area (Å²) in [6.45, 7) is 0.340. The predicted octanol–water partition coefficient (Wildman–Crippen LogP) is 0.711. The average molecular weight is 276 g/mol. The highest BCUT2D eigenvalue weighted by Crippen LogP contribution is 2.21. The topological polar surface area (TPSA) is 117 Å². The summed E-state index contributed by atoms with van der Waals surface area (Å²) in [4.78, 5) is 22.8. The van der Waals surface area contributed by atoms with Crippen molar-refractivity contribution in [3.63, 3.8) is 0 Å². The predicted molar refractivity (Wildman–Crippen MR) is 68.3 cm³/mol. The average Bonchev–Trinajstić information content (AvgIpc) is 2.91. The Hall–Kier alpha value is -2.90. The third-order valence-electron chi connectivity index (χ3n) is 2.55. The molecular formula is C12H12N4O4. The maximum atomic E-state index is 11.7. The van der Waals surface area contributed by atoms with Gasteiger partial charge in [0.2, 0.25) is 5.91 Å². The molecule has 0 fully saturated rings. The van der Waals surface area contributed by atoms with Crippen molar-refractivity contribution in [1.29, 1.82) is 0 Å².